The molecule has 1 amide bonds. The van der Waals surface area contributed by atoms with Crippen LogP contribution in [-0.4, -0.2) is 39.5 Å². The van der Waals surface area contributed by atoms with E-state index in [1.807, 2.05) is 44.2 Å². The topological polar surface area (TPSA) is 100 Å². The number of carbonyl (C=O) groups is 1. The molecule has 2 aromatic carbocycles. The molecule has 0 aliphatic rings. The third kappa shape index (κ3) is 4.36. The van der Waals surface area contributed by atoms with E-state index in [1.54, 1.807) is 34.6 Å². The van der Waals surface area contributed by atoms with E-state index in [2.05, 4.69) is 15.4 Å². The van der Waals surface area contributed by atoms with Gasteiger partial charge in [0.15, 0.2) is 17.1 Å². The van der Waals surface area contributed by atoms with Crippen molar-refractivity contribution in [3.63, 3.8) is 0 Å². The second kappa shape index (κ2) is 9.78. The average molecular weight is 462 g/mol. The number of ether oxygens (including phenoxy) is 2. The summed E-state index contributed by atoms with van der Waals surface area (Å²) < 4.78 is 13.9. The highest BCUT2D eigenvalue weighted by Crippen LogP contribution is 2.29. The lowest BCUT2D eigenvalue weighted by Gasteiger charge is -2.12. The molecule has 0 fully saturated rings. The Kier molecular flexibility index (Phi) is 6.62. The normalized spacial score (nSPS) is 10.9. The first kappa shape index (κ1) is 23.0. The molecule has 0 atom stereocenters. The highest BCUT2D eigenvalue weighted by atomic mass is 16.5. The van der Waals surface area contributed by atoms with Gasteiger partial charge in [0.2, 0.25) is 5.91 Å². The predicted octanol–water partition coefficient (Wildman–Crippen LogP) is 3.50. The summed E-state index contributed by atoms with van der Waals surface area (Å²) in [4.78, 5) is 30.4. The molecule has 4 aromatic rings. The first-order chi connectivity index (χ1) is 16.5. The first-order valence-electron chi connectivity index (χ1n) is 11.0. The Morgan fingerprint density at radius 3 is 2.47 bits per heavy atom. The third-order valence-electron chi connectivity index (χ3n) is 5.57. The quantitative estimate of drug-likeness (QED) is 0.431. The predicted molar refractivity (Wildman–Crippen MR) is 130 cm³/mol. The number of aryl methyl sites for hydroxylation is 3. The van der Waals surface area contributed by atoms with Crippen molar-refractivity contribution in [2.45, 2.75) is 33.2 Å². The number of carbonyl (C=O) groups excluding carboxylic acids is 1. The number of rotatable bonds is 8. The Bertz CT molecular complexity index is 1390. The average Bonchev–Trinajstić information content (AvgIpc) is 3.19. The molecule has 1 N–H and O–H groups in total. The monoisotopic (exact) mass is 461 g/mol. The fraction of sp³-hybridized carbons (Fsp3) is 0.280. The second-order valence-corrected chi connectivity index (χ2v) is 7.73. The summed E-state index contributed by atoms with van der Waals surface area (Å²) in [7, 11) is 3.08. The molecule has 9 heteroatoms. The second-order valence-electron chi connectivity index (χ2n) is 7.73. The molecule has 4 rings (SSSR count). The van der Waals surface area contributed by atoms with Crippen molar-refractivity contribution in [3.8, 4) is 17.2 Å². The summed E-state index contributed by atoms with van der Waals surface area (Å²) in [6.45, 7) is 4.24. The van der Waals surface area contributed by atoms with E-state index < -0.39 is 0 Å². The maximum Gasteiger partial charge on any atom is 0.273 e. The van der Waals surface area contributed by atoms with Crippen LogP contribution in [0.4, 0.5) is 5.69 Å². The van der Waals surface area contributed by atoms with Gasteiger partial charge in [-0.25, -0.2) is 9.67 Å². The van der Waals surface area contributed by atoms with Crippen molar-refractivity contribution >= 4 is 22.8 Å². The molecule has 2 heterocycles. The van der Waals surface area contributed by atoms with Crippen molar-refractivity contribution in [2.75, 3.05) is 19.5 Å². The number of para-hydroxylation sites is 1. The minimum absolute atomic E-state index is 0.109. The minimum atomic E-state index is -0.228. The van der Waals surface area contributed by atoms with Crippen LogP contribution in [0.5, 0.6) is 11.5 Å². The Morgan fingerprint density at radius 2 is 1.79 bits per heavy atom. The maximum absolute atomic E-state index is 13.2. The van der Waals surface area contributed by atoms with E-state index in [-0.39, 0.29) is 24.3 Å². The highest BCUT2D eigenvalue weighted by molar-refractivity contribution is 5.91. The summed E-state index contributed by atoms with van der Waals surface area (Å²) in [6.07, 6.45) is 0.321. The fourth-order valence-corrected chi connectivity index (χ4v) is 3.89. The van der Waals surface area contributed by atoms with Gasteiger partial charge in [-0.3, -0.25) is 14.2 Å². The number of anilines is 1. The van der Waals surface area contributed by atoms with E-state index in [4.69, 9.17) is 9.47 Å². The largest absolute Gasteiger partial charge is 0.493 e. The molecular weight excluding hydrogens is 434 g/mol. The number of nitrogens with one attached hydrogen (secondary N) is 1. The number of hydrogen-bond acceptors (Lipinski definition) is 6. The standard InChI is InChI=1S/C25H27N5O4/c1-5-29-24-23(16(2)28-30(24)18-9-7-6-8-10-18)27-19(25(29)32)12-14-22(31)26-17-11-13-20(33-3)21(15-17)34-4/h6-11,13,15H,5,12,14H2,1-4H3,(H,26,31). The lowest BCUT2D eigenvalue weighted by molar-refractivity contribution is -0.116. The Labute approximate surface area is 197 Å². The number of amides is 1. The lowest BCUT2D eigenvalue weighted by Crippen LogP contribution is -2.27. The van der Waals surface area contributed by atoms with Crippen LogP contribution in [0.1, 0.15) is 24.7 Å². The maximum atomic E-state index is 13.2. The zero-order chi connectivity index (χ0) is 24.2. The number of aromatic nitrogens is 4. The van der Waals surface area contributed by atoms with E-state index >= 15 is 0 Å². The molecule has 9 nitrogen and oxygen atoms in total. The van der Waals surface area contributed by atoms with Crippen LogP contribution >= 0.6 is 0 Å². The van der Waals surface area contributed by atoms with Crippen LogP contribution in [0.25, 0.3) is 16.9 Å². The molecule has 34 heavy (non-hydrogen) atoms. The van der Waals surface area contributed by atoms with Gasteiger partial charge in [-0.15, -0.1) is 0 Å². The number of hydrogen-bond donors (Lipinski definition) is 1. The van der Waals surface area contributed by atoms with E-state index in [9.17, 15) is 9.59 Å². The highest BCUT2D eigenvalue weighted by Gasteiger charge is 2.19. The number of methoxy groups -OCH3 is 2. The molecule has 0 radical (unpaired) electrons. The van der Waals surface area contributed by atoms with Crippen molar-refractivity contribution < 1.29 is 14.3 Å². The third-order valence-corrected chi connectivity index (χ3v) is 5.57. The van der Waals surface area contributed by atoms with Crippen LogP contribution in [0, 0.1) is 6.92 Å². The first-order valence-corrected chi connectivity index (χ1v) is 11.0. The summed E-state index contributed by atoms with van der Waals surface area (Å²) in [5, 5.41) is 7.46. The van der Waals surface area contributed by atoms with E-state index in [0.29, 0.717) is 40.6 Å². The van der Waals surface area contributed by atoms with Gasteiger partial charge in [0, 0.05) is 31.1 Å². The molecule has 0 saturated heterocycles. The molecule has 0 aliphatic heterocycles. The Morgan fingerprint density at radius 1 is 1.06 bits per heavy atom. The van der Waals surface area contributed by atoms with E-state index in [1.165, 1.54) is 7.11 Å². The fourth-order valence-electron chi connectivity index (χ4n) is 3.89. The Balaban J connectivity index is 1.59. The van der Waals surface area contributed by atoms with Gasteiger partial charge >= 0.3 is 0 Å². The van der Waals surface area contributed by atoms with Gasteiger partial charge in [-0.2, -0.15) is 5.10 Å². The molecule has 0 saturated carbocycles. The smallest absolute Gasteiger partial charge is 0.273 e. The van der Waals surface area contributed by atoms with Gasteiger partial charge < -0.3 is 14.8 Å². The van der Waals surface area contributed by atoms with Crippen molar-refractivity contribution in [3.05, 3.63) is 70.3 Å². The molecule has 2 aromatic heterocycles. The SMILES string of the molecule is CCn1c(=O)c(CCC(=O)Nc2ccc(OC)c(OC)c2)nc2c(C)nn(-c3ccccc3)c21. The van der Waals surface area contributed by atoms with Crippen molar-refractivity contribution in [1.82, 2.24) is 19.3 Å². The van der Waals surface area contributed by atoms with Crippen molar-refractivity contribution in [1.29, 1.82) is 0 Å². The van der Waals surface area contributed by atoms with Gasteiger partial charge in [0.25, 0.3) is 5.56 Å². The summed E-state index contributed by atoms with van der Waals surface area (Å²) in [5.74, 6) is 0.863. The van der Waals surface area contributed by atoms with Crippen LogP contribution in [0.15, 0.2) is 53.3 Å². The minimum Gasteiger partial charge on any atom is -0.493 e. The molecule has 0 bridgehead atoms. The van der Waals surface area contributed by atoms with Crippen molar-refractivity contribution in [2.24, 2.45) is 0 Å². The van der Waals surface area contributed by atoms with Crippen LogP contribution in [0.2, 0.25) is 0 Å². The van der Waals surface area contributed by atoms with Gasteiger partial charge in [0.1, 0.15) is 11.2 Å². The van der Waals surface area contributed by atoms with Crippen LogP contribution in [0.3, 0.4) is 0 Å². The van der Waals surface area contributed by atoms with Gasteiger partial charge in [-0.05, 0) is 38.1 Å². The van der Waals surface area contributed by atoms with E-state index in [0.717, 1.165) is 11.4 Å². The summed E-state index contributed by atoms with van der Waals surface area (Å²) in [5.41, 5.74) is 3.58. The summed E-state index contributed by atoms with van der Waals surface area (Å²) in [6, 6.07) is 14.8. The molecule has 0 unspecified atom stereocenters. The molecular formula is C25H27N5O4. The number of nitrogens with zero attached hydrogens (tertiary/aromatic N) is 4. The lowest BCUT2D eigenvalue weighted by atomic mass is 10.2. The molecule has 176 valence electrons. The number of fused-ring (bicyclic) bond motifs is 1. The van der Waals surface area contributed by atoms with Gasteiger partial charge in [-0.1, -0.05) is 18.2 Å². The summed E-state index contributed by atoms with van der Waals surface area (Å²) >= 11 is 0. The molecule has 0 spiro atoms. The zero-order valence-corrected chi connectivity index (χ0v) is 19.7. The molecule has 0 aliphatic carbocycles. The van der Waals surface area contributed by atoms with Crippen LogP contribution in [-0.2, 0) is 17.8 Å². The van der Waals surface area contributed by atoms with Gasteiger partial charge in [0.05, 0.1) is 25.6 Å². The Hall–Kier alpha value is -4.14. The van der Waals surface area contributed by atoms with Crippen LogP contribution < -0.4 is 20.3 Å². The number of benzene rings is 2. The zero-order valence-electron chi connectivity index (χ0n) is 19.7.